The Labute approximate surface area is 129 Å². The molecule has 2 saturated heterocycles. The fourth-order valence-corrected chi connectivity index (χ4v) is 3.26. The minimum atomic E-state index is 0. The summed E-state index contributed by atoms with van der Waals surface area (Å²) >= 11 is 0. The summed E-state index contributed by atoms with van der Waals surface area (Å²) < 4.78 is 0. The number of nitrogens with zero attached hydrogens (tertiary/aromatic N) is 2. The van der Waals surface area contributed by atoms with Crippen LogP contribution < -0.4 is 5.32 Å². The van der Waals surface area contributed by atoms with Crippen molar-refractivity contribution in [2.24, 2.45) is 11.3 Å². The molecule has 1 atom stereocenters. The summed E-state index contributed by atoms with van der Waals surface area (Å²) in [5.74, 6) is 0.443. The van der Waals surface area contributed by atoms with Gasteiger partial charge in [-0.3, -0.25) is 4.79 Å². The summed E-state index contributed by atoms with van der Waals surface area (Å²) in [5, 5.41) is 3.47. The molecule has 2 fully saturated rings. The van der Waals surface area contributed by atoms with Crippen molar-refractivity contribution in [3.05, 3.63) is 0 Å². The molecular formula is C15H30ClN3O. The Balaban J connectivity index is 0.00000200. The number of hydrogen-bond donors (Lipinski definition) is 1. The first-order valence-corrected chi connectivity index (χ1v) is 7.72. The van der Waals surface area contributed by atoms with E-state index in [0.29, 0.717) is 11.3 Å². The highest BCUT2D eigenvalue weighted by Crippen LogP contribution is 2.26. The molecule has 0 aromatic heterocycles. The molecule has 1 amide bonds. The van der Waals surface area contributed by atoms with E-state index in [1.54, 1.807) is 0 Å². The molecule has 4 nitrogen and oxygen atoms in total. The first kappa shape index (κ1) is 17.7. The molecular weight excluding hydrogens is 274 g/mol. The SMILES string of the molecule is CC(C)C(=O)N1CCCN(CC2(C)CCNC2)CC1.Cl. The van der Waals surface area contributed by atoms with E-state index in [1.807, 2.05) is 13.8 Å². The molecule has 5 heteroatoms. The van der Waals surface area contributed by atoms with Crippen molar-refractivity contribution in [2.45, 2.75) is 33.6 Å². The highest BCUT2D eigenvalue weighted by Gasteiger charge is 2.31. The fourth-order valence-electron chi connectivity index (χ4n) is 3.26. The van der Waals surface area contributed by atoms with Gasteiger partial charge in [0.05, 0.1) is 0 Å². The molecule has 2 aliphatic heterocycles. The maximum atomic E-state index is 12.1. The lowest BCUT2D eigenvalue weighted by atomic mass is 9.89. The van der Waals surface area contributed by atoms with Gasteiger partial charge in [-0.05, 0) is 31.3 Å². The number of carbonyl (C=O) groups is 1. The minimum absolute atomic E-state index is 0. The lowest BCUT2D eigenvalue weighted by Gasteiger charge is -2.31. The van der Waals surface area contributed by atoms with Gasteiger partial charge in [0.15, 0.2) is 0 Å². The number of carbonyl (C=O) groups excluding carboxylic acids is 1. The third-order valence-electron chi connectivity index (χ3n) is 4.46. The number of halogens is 1. The van der Waals surface area contributed by atoms with Gasteiger partial charge in [0.2, 0.25) is 5.91 Å². The second-order valence-corrected chi connectivity index (χ2v) is 6.85. The molecule has 0 aromatic rings. The van der Waals surface area contributed by atoms with Crippen LogP contribution in [0, 0.1) is 11.3 Å². The maximum absolute atomic E-state index is 12.1. The van der Waals surface area contributed by atoms with Crippen LogP contribution in [0.15, 0.2) is 0 Å². The minimum Gasteiger partial charge on any atom is -0.341 e. The van der Waals surface area contributed by atoms with Crippen LogP contribution in [-0.4, -0.2) is 61.5 Å². The third kappa shape index (κ3) is 4.61. The highest BCUT2D eigenvalue weighted by molar-refractivity contribution is 5.85. The summed E-state index contributed by atoms with van der Waals surface area (Å²) in [6, 6.07) is 0. The van der Waals surface area contributed by atoms with Crippen LogP contribution in [0.4, 0.5) is 0 Å². The largest absolute Gasteiger partial charge is 0.341 e. The van der Waals surface area contributed by atoms with Gasteiger partial charge < -0.3 is 15.1 Å². The zero-order chi connectivity index (χ0) is 13.9. The second-order valence-electron chi connectivity index (χ2n) is 6.85. The summed E-state index contributed by atoms with van der Waals surface area (Å²) in [6.45, 7) is 13.8. The molecule has 0 radical (unpaired) electrons. The average Bonchev–Trinajstić information content (AvgIpc) is 2.65. The average molecular weight is 304 g/mol. The van der Waals surface area contributed by atoms with Crippen molar-refractivity contribution in [1.29, 1.82) is 0 Å². The summed E-state index contributed by atoms with van der Waals surface area (Å²) in [7, 11) is 0. The van der Waals surface area contributed by atoms with Gasteiger partial charge in [-0.1, -0.05) is 20.8 Å². The smallest absolute Gasteiger partial charge is 0.225 e. The molecule has 0 saturated carbocycles. The van der Waals surface area contributed by atoms with Gasteiger partial charge >= 0.3 is 0 Å². The van der Waals surface area contributed by atoms with E-state index < -0.39 is 0 Å². The van der Waals surface area contributed by atoms with Gasteiger partial charge in [0.1, 0.15) is 0 Å². The van der Waals surface area contributed by atoms with Crippen LogP contribution >= 0.6 is 12.4 Å². The summed E-state index contributed by atoms with van der Waals surface area (Å²) in [6.07, 6.45) is 2.39. The van der Waals surface area contributed by atoms with E-state index in [4.69, 9.17) is 0 Å². The maximum Gasteiger partial charge on any atom is 0.225 e. The standard InChI is InChI=1S/C15H29N3O.ClH/c1-13(2)14(19)18-8-4-7-17(9-10-18)12-15(3)5-6-16-11-15;/h13,16H,4-12H2,1-3H3;1H. The monoisotopic (exact) mass is 303 g/mol. The van der Waals surface area contributed by atoms with E-state index in [0.717, 1.165) is 45.7 Å². The lowest BCUT2D eigenvalue weighted by molar-refractivity contribution is -0.134. The van der Waals surface area contributed by atoms with Crippen LogP contribution in [0.1, 0.15) is 33.6 Å². The number of amides is 1. The summed E-state index contributed by atoms with van der Waals surface area (Å²) in [5.41, 5.74) is 0.428. The van der Waals surface area contributed by atoms with Crippen molar-refractivity contribution in [3.63, 3.8) is 0 Å². The van der Waals surface area contributed by atoms with E-state index in [2.05, 4.69) is 22.0 Å². The molecule has 1 N–H and O–H groups in total. The normalized spacial score (nSPS) is 28.3. The quantitative estimate of drug-likeness (QED) is 0.860. The van der Waals surface area contributed by atoms with E-state index in [9.17, 15) is 4.79 Å². The molecule has 0 spiro atoms. The number of nitrogens with one attached hydrogen (secondary N) is 1. The number of rotatable bonds is 3. The molecule has 0 aliphatic carbocycles. The lowest BCUT2D eigenvalue weighted by Crippen LogP contribution is -2.41. The molecule has 2 rings (SSSR count). The predicted molar refractivity (Wildman–Crippen MR) is 85.3 cm³/mol. The Kier molecular flexibility index (Phi) is 6.76. The predicted octanol–water partition coefficient (Wildman–Crippen LogP) is 1.60. The Morgan fingerprint density at radius 3 is 2.60 bits per heavy atom. The topological polar surface area (TPSA) is 35.6 Å². The third-order valence-corrected chi connectivity index (χ3v) is 4.46. The highest BCUT2D eigenvalue weighted by atomic mass is 35.5. The van der Waals surface area contributed by atoms with Crippen LogP contribution in [0.3, 0.4) is 0 Å². The Hall–Kier alpha value is -0.320. The molecule has 0 bridgehead atoms. The van der Waals surface area contributed by atoms with Crippen LogP contribution in [0.2, 0.25) is 0 Å². The van der Waals surface area contributed by atoms with E-state index in [-0.39, 0.29) is 18.3 Å². The van der Waals surface area contributed by atoms with Gasteiger partial charge in [-0.2, -0.15) is 0 Å². The molecule has 0 aromatic carbocycles. The number of hydrogen-bond acceptors (Lipinski definition) is 3. The van der Waals surface area contributed by atoms with Crippen molar-refractivity contribution in [2.75, 3.05) is 45.8 Å². The first-order valence-electron chi connectivity index (χ1n) is 7.72. The van der Waals surface area contributed by atoms with Gasteiger partial charge in [-0.15, -0.1) is 12.4 Å². The molecule has 20 heavy (non-hydrogen) atoms. The van der Waals surface area contributed by atoms with Crippen molar-refractivity contribution < 1.29 is 4.79 Å². The summed E-state index contributed by atoms with van der Waals surface area (Å²) in [4.78, 5) is 16.7. The van der Waals surface area contributed by atoms with Crippen molar-refractivity contribution >= 4 is 18.3 Å². The Morgan fingerprint density at radius 2 is 2.00 bits per heavy atom. The van der Waals surface area contributed by atoms with E-state index >= 15 is 0 Å². The van der Waals surface area contributed by atoms with Gasteiger partial charge in [-0.25, -0.2) is 0 Å². The van der Waals surface area contributed by atoms with Gasteiger partial charge in [0.25, 0.3) is 0 Å². The van der Waals surface area contributed by atoms with Crippen LogP contribution in [0.25, 0.3) is 0 Å². The van der Waals surface area contributed by atoms with Crippen LogP contribution in [-0.2, 0) is 4.79 Å². The first-order chi connectivity index (χ1) is 9.00. The zero-order valence-corrected chi connectivity index (χ0v) is 14.0. The van der Waals surface area contributed by atoms with Crippen LogP contribution in [0.5, 0.6) is 0 Å². The van der Waals surface area contributed by atoms with Crippen molar-refractivity contribution in [3.8, 4) is 0 Å². The Bertz CT molecular complexity index is 316. The zero-order valence-electron chi connectivity index (χ0n) is 13.2. The second kappa shape index (κ2) is 7.62. The van der Waals surface area contributed by atoms with Gasteiger partial charge in [0, 0.05) is 38.6 Å². The molecule has 2 aliphatic rings. The molecule has 1 unspecified atom stereocenters. The van der Waals surface area contributed by atoms with Crippen molar-refractivity contribution in [1.82, 2.24) is 15.1 Å². The fraction of sp³-hybridized carbons (Fsp3) is 0.933. The van der Waals surface area contributed by atoms with E-state index in [1.165, 1.54) is 13.0 Å². The molecule has 2 heterocycles. The molecule has 118 valence electrons. The Morgan fingerprint density at radius 1 is 1.25 bits per heavy atom.